The second-order valence-electron chi connectivity index (χ2n) is 3.60. The van der Waals surface area contributed by atoms with Gasteiger partial charge in [0.2, 0.25) is 0 Å². The Bertz CT molecular complexity index is 295. The molecular formula is C11H14ClN2. The molecule has 0 spiro atoms. The van der Waals surface area contributed by atoms with E-state index in [1.54, 1.807) is 0 Å². The molecule has 2 rings (SSSR count). The van der Waals surface area contributed by atoms with Crippen LogP contribution in [0.2, 0.25) is 5.02 Å². The average molecular weight is 210 g/mol. The van der Waals surface area contributed by atoms with Gasteiger partial charge in [-0.15, -0.1) is 0 Å². The van der Waals surface area contributed by atoms with Crippen LogP contribution < -0.4 is 10.6 Å². The minimum absolute atomic E-state index is 0.561. The lowest BCUT2D eigenvalue weighted by atomic mass is 10.1. The summed E-state index contributed by atoms with van der Waals surface area (Å²) in [6.07, 6.45) is 2.26. The van der Waals surface area contributed by atoms with E-state index < -0.39 is 0 Å². The summed E-state index contributed by atoms with van der Waals surface area (Å²) in [7, 11) is 0. The zero-order valence-electron chi connectivity index (χ0n) is 8.04. The van der Waals surface area contributed by atoms with E-state index in [0.29, 0.717) is 6.04 Å². The number of piperidine rings is 1. The zero-order chi connectivity index (χ0) is 9.80. The minimum Gasteiger partial charge on any atom is -0.382 e. The molecule has 1 heterocycles. The van der Waals surface area contributed by atoms with Crippen molar-refractivity contribution in [1.82, 2.24) is 5.32 Å². The first-order valence-electron chi connectivity index (χ1n) is 5.00. The molecule has 1 radical (unpaired) electrons. The first-order chi connectivity index (χ1) is 6.84. The largest absolute Gasteiger partial charge is 0.382 e. The smallest absolute Gasteiger partial charge is 0.0426 e. The quantitative estimate of drug-likeness (QED) is 0.796. The highest BCUT2D eigenvalue weighted by Crippen LogP contribution is 2.18. The monoisotopic (exact) mass is 209 g/mol. The van der Waals surface area contributed by atoms with Gasteiger partial charge in [0.25, 0.3) is 0 Å². The van der Waals surface area contributed by atoms with Crippen molar-refractivity contribution in [3.8, 4) is 0 Å². The Labute approximate surface area is 89.7 Å². The lowest BCUT2D eigenvalue weighted by Gasteiger charge is -2.23. The van der Waals surface area contributed by atoms with Gasteiger partial charge in [-0.3, -0.25) is 0 Å². The molecule has 0 saturated carbocycles. The number of nitrogens with one attached hydrogen (secondary N) is 1. The molecule has 1 aliphatic rings. The highest BCUT2D eigenvalue weighted by molar-refractivity contribution is 6.30. The van der Waals surface area contributed by atoms with Crippen LogP contribution in [0.1, 0.15) is 12.8 Å². The molecule has 1 saturated heterocycles. The number of hydrogen-bond donors (Lipinski definition) is 1. The second kappa shape index (κ2) is 4.67. The Morgan fingerprint density at radius 3 is 2.79 bits per heavy atom. The van der Waals surface area contributed by atoms with E-state index in [9.17, 15) is 0 Å². The highest BCUT2D eigenvalue weighted by Gasteiger charge is 2.12. The number of rotatable bonds is 2. The van der Waals surface area contributed by atoms with Crippen LogP contribution >= 0.6 is 11.6 Å². The first kappa shape index (κ1) is 9.81. The van der Waals surface area contributed by atoms with Gasteiger partial charge in [-0.1, -0.05) is 17.7 Å². The van der Waals surface area contributed by atoms with E-state index in [-0.39, 0.29) is 0 Å². The number of hydrogen-bond acceptors (Lipinski definition) is 1. The summed E-state index contributed by atoms with van der Waals surface area (Å²) in [6, 6.07) is 8.44. The fourth-order valence-electron chi connectivity index (χ4n) is 1.71. The van der Waals surface area contributed by atoms with Crippen molar-refractivity contribution in [2.75, 3.05) is 18.4 Å². The van der Waals surface area contributed by atoms with E-state index >= 15 is 0 Å². The number of anilines is 1. The van der Waals surface area contributed by atoms with Crippen molar-refractivity contribution in [3.05, 3.63) is 29.3 Å². The van der Waals surface area contributed by atoms with E-state index in [0.717, 1.165) is 36.6 Å². The van der Waals surface area contributed by atoms with Crippen molar-refractivity contribution in [2.45, 2.75) is 18.9 Å². The lowest BCUT2D eigenvalue weighted by molar-refractivity contribution is 0.472. The van der Waals surface area contributed by atoms with Crippen LogP contribution in [0.4, 0.5) is 5.69 Å². The Morgan fingerprint density at radius 2 is 2.07 bits per heavy atom. The maximum atomic E-state index is 5.90. The fraction of sp³-hybridized carbons (Fsp3) is 0.455. The molecule has 1 aliphatic heterocycles. The number of nitrogens with zero attached hydrogens (tertiary/aromatic N) is 1. The average Bonchev–Trinajstić information content (AvgIpc) is 2.19. The number of halogens is 1. The first-order valence-corrected chi connectivity index (χ1v) is 5.38. The van der Waals surface area contributed by atoms with Crippen molar-refractivity contribution in [1.29, 1.82) is 0 Å². The van der Waals surface area contributed by atoms with E-state index in [4.69, 9.17) is 11.6 Å². The van der Waals surface area contributed by atoms with Gasteiger partial charge in [-0.05, 0) is 31.0 Å². The molecule has 1 aromatic carbocycles. The summed E-state index contributed by atoms with van der Waals surface area (Å²) in [4.78, 5) is 0. The summed E-state index contributed by atoms with van der Waals surface area (Å²) in [6.45, 7) is 1.97. The van der Waals surface area contributed by atoms with Crippen molar-refractivity contribution < 1.29 is 0 Å². The maximum absolute atomic E-state index is 5.90. The van der Waals surface area contributed by atoms with E-state index in [1.165, 1.54) is 0 Å². The minimum atomic E-state index is 0.561. The van der Waals surface area contributed by atoms with Gasteiger partial charge in [0.1, 0.15) is 0 Å². The summed E-state index contributed by atoms with van der Waals surface area (Å²) in [5, 5.41) is 8.59. The Kier molecular flexibility index (Phi) is 3.27. The molecule has 1 aromatic rings. The van der Waals surface area contributed by atoms with Crippen LogP contribution in [0.15, 0.2) is 24.3 Å². The normalized spacial score (nSPS) is 18.1. The molecule has 1 N–H and O–H groups in total. The molecule has 14 heavy (non-hydrogen) atoms. The molecule has 3 heteroatoms. The second-order valence-corrected chi connectivity index (χ2v) is 4.04. The standard InChI is InChI=1S/C11H14ClN2/c12-9-2-1-3-11(8-9)14-10-4-6-13-7-5-10/h1-3,8,10,14H,4-7H2. The summed E-state index contributed by atoms with van der Waals surface area (Å²) >= 11 is 5.90. The summed E-state index contributed by atoms with van der Waals surface area (Å²) < 4.78 is 0. The molecule has 1 fully saturated rings. The predicted molar refractivity (Wildman–Crippen MR) is 60.0 cm³/mol. The van der Waals surface area contributed by atoms with Crippen LogP contribution in [0.5, 0.6) is 0 Å². The third-order valence-corrected chi connectivity index (χ3v) is 2.70. The molecule has 0 aromatic heterocycles. The van der Waals surface area contributed by atoms with Crippen LogP contribution in [-0.2, 0) is 0 Å². The van der Waals surface area contributed by atoms with Crippen LogP contribution in [0.25, 0.3) is 0 Å². The molecule has 0 aliphatic carbocycles. The Balaban J connectivity index is 1.95. The Hall–Kier alpha value is -0.730. The van der Waals surface area contributed by atoms with Crippen molar-refractivity contribution >= 4 is 17.3 Å². The van der Waals surface area contributed by atoms with Crippen LogP contribution in [0, 0.1) is 0 Å². The van der Waals surface area contributed by atoms with Crippen molar-refractivity contribution in [2.24, 2.45) is 0 Å². The zero-order valence-corrected chi connectivity index (χ0v) is 8.80. The molecule has 2 nitrogen and oxygen atoms in total. The van der Waals surface area contributed by atoms with Gasteiger partial charge in [0.15, 0.2) is 0 Å². The van der Waals surface area contributed by atoms with Gasteiger partial charge in [0, 0.05) is 29.8 Å². The topological polar surface area (TPSA) is 26.1 Å². The highest BCUT2D eigenvalue weighted by atomic mass is 35.5. The maximum Gasteiger partial charge on any atom is 0.0426 e. The fourth-order valence-corrected chi connectivity index (χ4v) is 1.90. The molecule has 0 bridgehead atoms. The van der Waals surface area contributed by atoms with Gasteiger partial charge in [-0.2, -0.15) is 0 Å². The molecule has 0 amide bonds. The third kappa shape index (κ3) is 2.63. The van der Waals surface area contributed by atoms with Crippen LogP contribution in [0.3, 0.4) is 0 Å². The molecule has 0 atom stereocenters. The Morgan fingerprint density at radius 1 is 1.29 bits per heavy atom. The predicted octanol–water partition coefficient (Wildman–Crippen LogP) is 2.52. The van der Waals surface area contributed by atoms with Gasteiger partial charge in [-0.25, -0.2) is 5.32 Å². The molecule has 75 valence electrons. The SMILES string of the molecule is Clc1cccc(NC2CC[N]CC2)c1. The van der Waals surface area contributed by atoms with Crippen LogP contribution in [-0.4, -0.2) is 19.1 Å². The molecular weight excluding hydrogens is 196 g/mol. The van der Waals surface area contributed by atoms with Gasteiger partial charge in [0.05, 0.1) is 0 Å². The molecule has 0 unspecified atom stereocenters. The lowest BCUT2D eigenvalue weighted by Crippen LogP contribution is -2.31. The summed E-state index contributed by atoms with van der Waals surface area (Å²) in [5.41, 5.74) is 1.12. The summed E-state index contributed by atoms with van der Waals surface area (Å²) in [5.74, 6) is 0. The van der Waals surface area contributed by atoms with E-state index in [2.05, 4.69) is 16.7 Å². The van der Waals surface area contributed by atoms with Gasteiger partial charge >= 0.3 is 0 Å². The van der Waals surface area contributed by atoms with Gasteiger partial charge < -0.3 is 5.32 Å². The van der Waals surface area contributed by atoms with E-state index in [1.807, 2.05) is 18.2 Å². The number of benzene rings is 1. The van der Waals surface area contributed by atoms with Crippen molar-refractivity contribution in [3.63, 3.8) is 0 Å². The third-order valence-electron chi connectivity index (χ3n) is 2.47.